The van der Waals surface area contributed by atoms with E-state index in [1.807, 2.05) is 0 Å². The van der Waals surface area contributed by atoms with Gasteiger partial charge in [-0.3, -0.25) is 9.59 Å². The molecule has 0 aromatic heterocycles. The van der Waals surface area contributed by atoms with Gasteiger partial charge in [-0.1, -0.05) is 12.0 Å². The van der Waals surface area contributed by atoms with Crippen LogP contribution in [0.25, 0.3) is 0 Å². The van der Waals surface area contributed by atoms with Crippen LogP contribution in [0.4, 0.5) is 0 Å². The summed E-state index contributed by atoms with van der Waals surface area (Å²) in [5.41, 5.74) is 2.90. The van der Waals surface area contributed by atoms with Gasteiger partial charge in [0, 0.05) is 18.8 Å². The summed E-state index contributed by atoms with van der Waals surface area (Å²) >= 11 is 0. The van der Waals surface area contributed by atoms with Crippen LogP contribution in [0.2, 0.25) is 0 Å². The Bertz CT molecular complexity index is 750. The zero-order valence-corrected chi connectivity index (χ0v) is 14.8. The van der Waals surface area contributed by atoms with Crippen LogP contribution in [-0.2, 0) is 14.3 Å². The molecule has 0 saturated heterocycles. The van der Waals surface area contributed by atoms with E-state index in [0.717, 1.165) is 36.0 Å². The fourth-order valence-corrected chi connectivity index (χ4v) is 10.1. The minimum Gasteiger partial charge on any atom is -0.466 e. The third kappa shape index (κ3) is 1.32. The number of allylic oxidation sites excluding steroid dienone is 2. The number of carbonyl (C=O) groups is 2. The highest BCUT2D eigenvalue weighted by atomic mass is 16.5. The van der Waals surface area contributed by atoms with Crippen LogP contribution < -0.4 is 0 Å². The molecule has 0 N–H and O–H groups in total. The van der Waals surface area contributed by atoms with Gasteiger partial charge in [0.2, 0.25) is 0 Å². The molecule has 0 radical (unpaired) electrons. The van der Waals surface area contributed by atoms with Crippen molar-refractivity contribution >= 4 is 11.8 Å². The van der Waals surface area contributed by atoms with Gasteiger partial charge < -0.3 is 4.74 Å². The zero-order chi connectivity index (χ0) is 16.6. The molecule has 132 valence electrons. The number of carbonyl (C=O) groups excluding carboxylic acids is 2. The van der Waals surface area contributed by atoms with Gasteiger partial charge in [0.1, 0.15) is 0 Å². The predicted molar refractivity (Wildman–Crippen MR) is 90.1 cm³/mol. The summed E-state index contributed by atoms with van der Waals surface area (Å²) in [6, 6.07) is 0. The molecule has 3 nitrogen and oxygen atoms in total. The van der Waals surface area contributed by atoms with Crippen LogP contribution in [0, 0.1) is 65.1 Å². The third-order valence-electron chi connectivity index (χ3n) is 9.95. The first-order valence-corrected chi connectivity index (χ1v) is 10.6. The predicted octanol–water partition coefficient (Wildman–Crippen LogP) is 3.24. The summed E-state index contributed by atoms with van der Waals surface area (Å²) in [6.45, 7) is 2.21. The number of ether oxygens (including phenoxy) is 1. The van der Waals surface area contributed by atoms with E-state index in [1.165, 1.54) is 31.3 Å². The summed E-state index contributed by atoms with van der Waals surface area (Å²) in [5.74, 6) is 7.98. The van der Waals surface area contributed by atoms with Crippen molar-refractivity contribution in [2.45, 2.75) is 39.0 Å². The van der Waals surface area contributed by atoms with Crippen LogP contribution in [-0.4, -0.2) is 18.4 Å². The average Bonchev–Trinajstić information content (AvgIpc) is 3.33. The number of esters is 1. The summed E-state index contributed by atoms with van der Waals surface area (Å²) in [4.78, 5) is 24.8. The lowest BCUT2D eigenvalue weighted by molar-refractivity contribution is -0.143. The van der Waals surface area contributed by atoms with E-state index in [9.17, 15) is 9.59 Å². The number of hydrogen-bond donors (Lipinski definition) is 0. The molecule has 3 heteroatoms. The van der Waals surface area contributed by atoms with Gasteiger partial charge in [0.15, 0.2) is 5.78 Å². The molecule has 0 aliphatic heterocycles. The second-order valence-electron chi connectivity index (χ2n) is 10.1. The van der Waals surface area contributed by atoms with Crippen LogP contribution in [0.3, 0.4) is 0 Å². The minimum absolute atomic E-state index is 0.118. The van der Waals surface area contributed by atoms with Crippen molar-refractivity contribution in [1.82, 2.24) is 0 Å². The standard InChI is InChI=1S/C22H26O3/c1-8(23)25-7-13-14-9-3-2-4-10(9)17-18(14)19-16(13)11-5-6-12-15(11)20(19)21(17)22(12)24/h9-11,13-14,16-21H,2-7H2,1H3/t9-,10+,11+,13+,14-,16-,17+,18-,19-,20-,21+/m0/s1. The normalized spacial score (nSPS) is 58.4. The summed E-state index contributed by atoms with van der Waals surface area (Å²) < 4.78 is 5.63. The average molecular weight is 338 g/mol. The Balaban J connectivity index is 1.40. The van der Waals surface area contributed by atoms with Gasteiger partial charge in [-0.2, -0.15) is 0 Å². The third-order valence-corrected chi connectivity index (χ3v) is 9.95. The number of hydrogen-bond acceptors (Lipinski definition) is 3. The van der Waals surface area contributed by atoms with Crippen molar-refractivity contribution < 1.29 is 14.3 Å². The van der Waals surface area contributed by atoms with Gasteiger partial charge in [-0.25, -0.2) is 0 Å². The Labute approximate surface area is 148 Å². The molecule has 0 unspecified atom stereocenters. The first-order chi connectivity index (χ1) is 12.2. The van der Waals surface area contributed by atoms with E-state index in [1.54, 1.807) is 12.5 Å². The maximum absolute atomic E-state index is 13.3. The number of fused-ring (bicyclic) bond motifs is 5. The Morgan fingerprint density at radius 2 is 1.80 bits per heavy atom. The van der Waals surface area contributed by atoms with Crippen molar-refractivity contribution in [1.29, 1.82) is 0 Å². The highest BCUT2D eigenvalue weighted by Crippen LogP contribution is 2.81. The lowest BCUT2D eigenvalue weighted by atomic mass is 9.75. The highest BCUT2D eigenvalue weighted by molar-refractivity contribution is 6.03. The molecule has 0 heterocycles. The smallest absolute Gasteiger partial charge is 0.302 e. The van der Waals surface area contributed by atoms with Crippen molar-refractivity contribution in [2.24, 2.45) is 65.1 Å². The maximum atomic E-state index is 13.3. The molecule has 7 aliphatic carbocycles. The Morgan fingerprint density at radius 3 is 2.60 bits per heavy atom. The van der Waals surface area contributed by atoms with Crippen molar-refractivity contribution in [3.63, 3.8) is 0 Å². The van der Waals surface area contributed by atoms with E-state index >= 15 is 0 Å². The van der Waals surface area contributed by atoms with Crippen molar-refractivity contribution in [3.8, 4) is 0 Å². The Kier molecular flexibility index (Phi) is 2.37. The van der Waals surface area contributed by atoms with Crippen LogP contribution >= 0.6 is 0 Å². The molecule has 25 heavy (non-hydrogen) atoms. The van der Waals surface area contributed by atoms with Gasteiger partial charge in [-0.05, 0) is 84.5 Å². The molecule has 7 rings (SSSR count). The molecule has 7 aliphatic rings. The summed E-state index contributed by atoms with van der Waals surface area (Å²) in [5, 5.41) is 0. The molecule has 0 aromatic carbocycles. The Morgan fingerprint density at radius 1 is 1.00 bits per heavy atom. The molecule has 0 spiro atoms. The molecule has 11 atom stereocenters. The molecular formula is C22H26O3. The summed E-state index contributed by atoms with van der Waals surface area (Å²) in [6.07, 6.45) is 6.32. The monoisotopic (exact) mass is 338 g/mol. The quantitative estimate of drug-likeness (QED) is 0.726. The van der Waals surface area contributed by atoms with Crippen molar-refractivity contribution in [2.75, 3.05) is 6.61 Å². The second kappa shape index (κ2) is 4.23. The SMILES string of the molecule is CC(=O)OC[C@@H]1[C@@H]2[C@H]3CCC[C@H]3[C@H]3[C@H]4C(=O)C5=C6[C@H]4[C@H]([C@@H]23)[C@H]1[C@@H]6CC5. The first kappa shape index (κ1) is 14.0. The Hall–Kier alpha value is -1.12. The first-order valence-electron chi connectivity index (χ1n) is 10.6. The fourth-order valence-electron chi connectivity index (χ4n) is 10.1. The van der Waals surface area contributed by atoms with E-state index < -0.39 is 0 Å². The van der Waals surface area contributed by atoms with Crippen molar-refractivity contribution in [3.05, 3.63) is 11.1 Å². The summed E-state index contributed by atoms with van der Waals surface area (Å²) in [7, 11) is 0. The molecule has 5 fully saturated rings. The topological polar surface area (TPSA) is 43.4 Å². The van der Waals surface area contributed by atoms with Gasteiger partial charge in [-0.15, -0.1) is 0 Å². The van der Waals surface area contributed by atoms with E-state index in [-0.39, 0.29) is 5.97 Å². The minimum atomic E-state index is -0.118. The molecule has 0 amide bonds. The zero-order valence-electron chi connectivity index (χ0n) is 14.8. The molecular weight excluding hydrogens is 312 g/mol. The largest absolute Gasteiger partial charge is 0.466 e. The van der Waals surface area contributed by atoms with Gasteiger partial charge in [0.05, 0.1) is 6.61 Å². The lowest BCUT2D eigenvalue weighted by Crippen LogP contribution is -2.30. The van der Waals surface area contributed by atoms with Crippen LogP contribution in [0.1, 0.15) is 39.0 Å². The number of ketones is 1. The van der Waals surface area contributed by atoms with Crippen LogP contribution in [0.5, 0.6) is 0 Å². The highest BCUT2D eigenvalue weighted by Gasteiger charge is 2.78. The molecule has 5 saturated carbocycles. The van der Waals surface area contributed by atoms with E-state index in [0.29, 0.717) is 47.9 Å². The van der Waals surface area contributed by atoms with E-state index in [4.69, 9.17) is 4.74 Å². The van der Waals surface area contributed by atoms with E-state index in [2.05, 4.69) is 0 Å². The lowest BCUT2D eigenvalue weighted by Gasteiger charge is -2.31. The van der Waals surface area contributed by atoms with Gasteiger partial charge in [0.25, 0.3) is 0 Å². The fraction of sp³-hybridized carbons (Fsp3) is 0.818. The number of rotatable bonds is 2. The maximum Gasteiger partial charge on any atom is 0.302 e. The van der Waals surface area contributed by atoms with Gasteiger partial charge >= 0.3 is 5.97 Å². The number of Topliss-reactive ketones (excluding diaryl/α,β-unsaturated/α-hetero) is 1. The second-order valence-corrected chi connectivity index (χ2v) is 10.1. The molecule has 0 aromatic rings. The van der Waals surface area contributed by atoms with Crippen LogP contribution in [0.15, 0.2) is 11.1 Å². The molecule has 0 bridgehead atoms.